The van der Waals surface area contributed by atoms with Gasteiger partial charge in [0.1, 0.15) is 5.75 Å². The van der Waals surface area contributed by atoms with Crippen LogP contribution in [0, 0.1) is 0 Å². The molecule has 0 aliphatic carbocycles. The summed E-state index contributed by atoms with van der Waals surface area (Å²) in [6, 6.07) is 7.72. The summed E-state index contributed by atoms with van der Waals surface area (Å²) in [6.07, 6.45) is 0. The molecule has 0 fully saturated rings. The van der Waals surface area contributed by atoms with Gasteiger partial charge in [-0.3, -0.25) is 0 Å². The average molecular weight is 205 g/mol. The van der Waals surface area contributed by atoms with Crippen LogP contribution in [0.3, 0.4) is 0 Å². The van der Waals surface area contributed by atoms with Gasteiger partial charge in [-0.2, -0.15) is 11.3 Å². The van der Waals surface area contributed by atoms with E-state index in [4.69, 9.17) is 10.5 Å². The Morgan fingerprint density at radius 2 is 2.14 bits per heavy atom. The maximum absolute atomic E-state index is 5.74. The third kappa shape index (κ3) is 1.59. The van der Waals surface area contributed by atoms with E-state index in [1.54, 1.807) is 18.4 Å². The highest BCUT2D eigenvalue weighted by molar-refractivity contribution is 7.08. The minimum Gasteiger partial charge on any atom is -0.496 e. The molecule has 72 valence electrons. The largest absolute Gasteiger partial charge is 0.496 e. The van der Waals surface area contributed by atoms with Crippen molar-refractivity contribution in [2.24, 2.45) is 0 Å². The fourth-order valence-electron chi connectivity index (χ4n) is 1.37. The first kappa shape index (κ1) is 9.09. The number of hydrogen-bond acceptors (Lipinski definition) is 3. The number of hydrogen-bond donors (Lipinski definition) is 1. The Labute approximate surface area is 86.9 Å². The Balaban J connectivity index is 2.55. The van der Waals surface area contributed by atoms with Crippen molar-refractivity contribution >= 4 is 17.0 Å². The van der Waals surface area contributed by atoms with Crippen LogP contribution in [0.2, 0.25) is 0 Å². The van der Waals surface area contributed by atoms with Gasteiger partial charge in [0.15, 0.2) is 0 Å². The van der Waals surface area contributed by atoms with Crippen LogP contribution in [-0.4, -0.2) is 7.11 Å². The highest BCUT2D eigenvalue weighted by Gasteiger charge is 2.05. The number of nitrogen functional groups attached to an aromatic ring is 1. The average Bonchev–Trinajstić information content (AvgIpc) is 2.70. The van der Waals surface area contributed by atoms with E-state index < -0.39 is 0 Å². The lowest BCUT2D eigenvalue weighted by molar-refractivity contribution is 0.416. The molecule has 0 aliphatic rings. The van der Waals surface area contributed by atoms with Crippen molar-refractivity contribution in [1.82, 2.24) is 0 Å². The Morgan fingerprint density at radius 3 is 2.79 bits per heavy atom. The van der Waals surface area contributed by atoms with Crippen LogP contribution < -0.4 is 10.5 Å². The van der Waals surface area contributed by atoms with Gasteiger partial charge in [0.05, 0.1) is 7.11 Å². The van der Waals surface area contributed by atoms with Crippen molar-refractivity contribution in [1.29, 1.82) is 0 Å². The molecule has 1 aromatic carbocycles. The third-order valence-electron chi connectivity index (χ3n) is 2.06. The van der Waals surface area contributed by atoms with Gasteiger partial charge >= 0.3 is 0 Å². The highest BCUT2D eigenvalue weighted by atomic mass is 32.1. The second kappa shape index (κ2) is 3.72. The van der Waals surface area contributed by atoms with Crippen molar-refractivity contribution in [2.45, 2.75) is 0 Å². The van der Waals surface area contributed by atoms with Crippen LogP contribution in [0.1, 0.15) is 0 Å². The molecule has 3 heteroatoms. The van der Waals surface area contributed by atoms with Gasteiger partial charge in [-0.25, -0.2) is 0 Å². The molecule has 0 saturated carbocycles. The van der Waals surface area contributed by atoms with Crippen molar-refractivity contribution in [3.05, 3.63) is 35.0 Å². The molecule has 2 aromatic rings. The molecule has 0 amide bonds. The molecule has 0 atom stereocenters. The number of ether oxygens (including phenoxy) is 1. The molecule has 1 aromatic heterocycles. The Bertz CT molecular complexity index is 423. The normalized spacial score (nSPS) is 10.1. The predicted octanol–water partition coefficient (Wildman–Crippen LogP) is 3.01. The molecule has 0 aliphatic heterocycles. The summed E-state index contributed by atoms with van der Waals surface area (Å²) in [6.45, 7) is 0. The van der Waals surface area contributed by atoms with Crippen LogP contribution >= 0.6 is 11.3 Å². The van der Waals surface area contributed by atoms with Gasteiger partial charge in [0, 0.05) is 11.3 Å². The minimum absolute atomic E-state index is 0.756. The zero-order valence-electron chi connectivity index (χ0n) is 7.86. The number of benzene rings is 1. The SMILES string of the molecule is COc1ccc(N)cc1-c1ccsc1. The monoisotopic (exact) mass is 205 g/mol. The van der Waals surface area contributed by atoms with Gasteiger partial charge in [0.25, 0.3) is 0 Å². The second-order valence-corrected chi connectivity index (χ2v) is 3.75. The van der Waals surface area contributed by atoms with Crippen molar-refractivity contribution < 1.29 is 4.74 Å². The Kier molecular flexibility index (Phi) is 2.41. The van der Waals surface area contributed by atoms with Gasteiger partial charge < -0.3 is 10.5 Å². The maximum Gasteiger partial charge on any atom is 0.126 e. The number of nitrogens with two attached hydrogens (primary N) is 1. The van der Waals surface area contributed by atoms with Gasteiger partial charge in [-0.15, -0.1) is 0 Å². The molecule has 2 nitrogen and oxygen atoms in total. The molecule has 2 N–H and O–H groups in total. The van der Waals surface area contributed by atoms with Crippen LogP contribution in [0.4, 0.5) is 5.69 Å². The standard InChI is InChI=1S/C11H11NOS/c1-13-11-3-2-9(12)6-10(11)8-4-5-14-7-8/h2-7H,12H2,1H3. The van der Waals surface area contributed by atoms with Gasteiger partial charge in [0.2, 0.25) is 0 Å². The topological polar surface area (TPSA) is 35.2 Å². The quantitative estimate of drug-likeness (QED) is 0.765. The summed E-state index contributed by atoms with van der Waals surface area (Å²) in [5, 5.41) is 4.12. The molecular weight excluding hydrogens is 194 g/mol. The fourth-order valence-corrected chi connectivity index (χ4v) is 2.02. The summed E-state index contributed by atoms with van der Waals surface area (Å²) in [4.78, 5) is 0. The van der Waals surface area contributed by atoms with Crippen molar-refractivity contribution in [3.8, 4) is 16.9 Å². The number of thiophene rings is 1. The summed E-state index contributed by atoms with van der Waals surface area (Å²) in [5.41, 5.74) is 8.69. The molecule has 0 spiro atoms. The lowest BCUT2D eigenvalue weighted by Crippen LogP contribution is -1.90. The third-order valence-corrected chi connectivity index (χ3v) is 2.74. The first-order valence-electron chi connectivity index (χ1n) is 4.27. The molecule has 14 heavy (non-hydrogen) atoms. The van der Waals surface area contributed by atoms with Gasteiger partial charge in [-0.05, 0) is 40.6 Å². The van der Waals surface area contributed by atoms with E-state index in [9.17, 15) is 0 Å². The van der Waals surface area contributed by atoms with Crippen molar-refractivity contribution in [3.63, 3.8) is 0 Å². The zero-order valence-corrected chi connectivity index (χ0v) is 8.67. The zero-order chi connectivity index (χ0) is 9.97. The molecule has 0 saturated heterocycles. The summed E-state index contributed by atoms with van der Waals surface area (Å²) < 4.78 is 5.27. The van der Waals surface area contributed by atoms with E-state index in [1.807, 2.05) is 23.6 Å². The van der Waals surface area contributed by atoms with Crippen LogP contribution in [0.5, 0.6) is 5.75 Å². The minimum atomic E-state index is 0.756. The van der Waals surface area contributed by atoms with Crippen LogP contribution in [0.15, 0.2) is 35.0 Å². The lowest BCUT2D eigenvalue weighted by Gasteiger charge is -2.07. The predicted molar refractivity (Wildman–Crippen MR) is 60.7 cm³/mol. The van der Waals surface area contributed by atoms with E-state index in [-0.39, 0.29) is 0 Å². The Hall–Kier alpha value is -1.48. The van der Waals surface area contributed by atoms with E-state index in [1.165, 1.54) is 0 Å². The molecule has 0 radical (unpaired) electrons. The molecule has 0 unspecified atom stereocenters. The molecular formula is C11H11NOS. The van der Waals surface area contributed by atoms with Crippen LogP contribution in [0.25, 0.3) is 11.1 Å². The second-order valence-electron chi connectivity index (χ2n) is 2.97. The lowest BCUT2D eigenvalue weighted by atomic mass is 10.1. The molecule has 1 heterocycles. The number of anilines is 1. The van der Waals surface area contributed by atoms with Crippen molar-refractivity contribution in [2.75, 3.05) is 12.8 Å². The summed E-state index contributed by atoms with van der Waals surface area (Å²) in [5.74, 6) is 0.859. The smallest absolute Gasteiger partial charge is 0.126 e. The van der Waals surface area contributed by atoms with E-state index >= 15 is 0 Å². The fraction of sp³-hybridized carbons (Fsp3) is 0.0909. The first-order valence-corrected chi connectivity index (χ1v) is 5.21. The van der Waals surface area contributed by atoms with E-state index in [0.29, 0.717) is 0 Å². The summed E-state index contributed by atoms with van der Waals surface area (Å²) >= 11 is 1.66. The molecule has 0 bridgehead atoms. The van der Waals surface area contributed by atoms with Crippen LogP contribution in [-0.2, 0) is 0 Å². The number of rotatable bonds is 2. The molecule has 2 rings (SSSR count). The highest BCUT2D eigenvalue weighted by Crippen LogP contribution is 2.32. The Morgan fingerprint density at radius 1 is 1.29 bits per heavy atom. The maximum atomic E-state index is 5.74. The van der Waals surface area contributed by atoms with E-state index in [0.717, 1.165) is 22.6 Å². The number of methoxy groups -OCH3 is 1. The van der Waals surface area contributed by atoms with Gasteiger partial charge in [-0.1, -0.05) is 0 Å². The first-order chi connectivity index (χ1) is 6.81. The van der Waals surface area contributed by atoms with E-state index in [2.05, 4.69) is 11.4 Å². The summed E-state index contributed by atoms with van der Waals surface area (Å²) in [7, 11) is 1.67.